The summed E-state index contributed by atoms with van der Waals surface area (Å²) in [5.41, 5.74) is 1.04. The van der Waals surface area contributed by atoms with Crippen molar-refractivity contribution >= 4 is 0 Å². The first-order valence-corrected chi connectivity index (χ1v) is 3.76. The van der Waals surface area contributed by atoms with Crippen LogP contribution in [0, 0.1) is 12.3 Å². The van der Waals surface area contributed by atoms with Crippen LogP contribution in [0.2, 0.25) is 0 Å². The molecule has 12 heavy (non-hydrogen) atoms. The first kappa shape index (κ1) is 8.69. The van der Waals surface area contributed by atoms with Gasteiger partial charge in [0.2, 0.25) is 0 Å². The molecule has 0 saturated heterocycles. The normalized spacial score (nSPS) is 12.0. The van der Waals surface area contributed by atoms with Gasteiger partial charge in [0.1, 0.15) is 6.33 Å². The number of aromatic nitrogens is 2. The lowest BCUT2D eigenvalue weighted by atomic mass is 10.3. The predicted octanol–water partition coefficient (Wildman–Crippen LogP) is 0.588. The van der Waals surface area contributed by atoms with Gasteiger partial charge in [-0.2, -0.15) is 0 Å². The Morgan fingerprint density at radius 1 is 1.58 bits per heavy atom. The van der Waals surface area contributed by atoms with Crippen molar-refractivity contribution in [1.29, 1.82) is 0 Å². The Bertz CT molecular complexity index is 263. The molecule has 0 saturated carbocycles. The van der Waals surface area contributed by atoms with Crippen LogP contribution in [0.4, 0.5) is 0 Å². The molecule has 1 heterocycles. The van der Waals surface area contributed by atoms with Crippen molar-refractivity contribution in [2.24, 2.45) is 0 Å². The molecule has 3 heteroatoms. The molecule has 1 atom stereocenters. The maximum absolute atomic E-state index is 5.19. The first-order chi connectivity index (χ1) is 5.83. The second-order valence-corrected chi connectivity index (χ2v) is 2.52. The average molecular weight is 161 g/mol. The van der Waals surface area contributed by atoms with Crippen LogP contribution in [-0.4, -0.2) is 16.0 Å². The summed E-state index contributed by atoms with van der Waals surface area (Å²) >= 11 is 0. The molecule has 1 unspecified atom stereocenters. The Labute approximate surface area is 72.2 Å². The number of hydrogen-bond donors (Lipinski definition) is 1. The van der Waals surface area contributed by atoms with Gasteiger partial charge in [0.25, 0.3) is 0 Å². The van der Waals surface area contributed by atoms with E-state index in [1.54, 1.807) is 12.4 Å². The smallest absolute Gasteiger partial charge is 0.115 e. The van der Waals surface area contributed by atoms with E-state index in [0.717, 1.165) is 5.56 Å². The van der Waals surface area contributed by atoms with E-state index in [4.69, 9.17) is 6.42 Å². The largest absolute Gasteiger partial charge is 0.300 e. The summed E-state index contributed by atoms with van der Waals surface area (Å²) in [6.07, 6.45) is 10.2. The molecule has 1 aromatic heterocycles. The van der Waals surface area contributed by atoms with Crippen molar-refractivity contribution in [2.75, 3.05) is 0 Å². The Morgan fingerprint density at radius 2 is 2.25 bits per heavy atom. The average Bonchev–Trinajstić information content (AvgIpc) is 2.16. The fourth-order valence-corrected chi connectivity index (χ4v) is 0.751. The molecule has 1 N–H and O–H groups in total. The highest BCUT2D eigenvalue weighted by molar-refractivity contribution is 5.04. The van der Waals surface area contributed by atoms with Gasteiger partial charge in [-0.3, -0.25) is 5.32 Å². The fraction of sp³-hybridized carbons (Fsp3) is 0.333. The van der Waals surface area contributed by atoms with Crippen LogP contribution in [0.25, 0.3) is 0 Å². The van der Waals surface area contributed by atoms with Gasteiger partial charge < -0.3 is 0 Å². The standard InChI is InChI=1S/C9H11N3/c1-3-8(2)12-6-9-4-10-7-11-5-9/h1,4-5,7-8,12H,6H2,2H3. The van der Waals surface area contributed by atoms with Gasteiger partial charge in [-0.05, 0) is 6.92 Å². The quantitative estimate of drug-likeness (QED) is 0.659. The lowest BCUT2D eigenvalue weighted by Crippen LogP contribution is -2.23. The Balaban J connectivity index is 2.40. The number of hydrogen-bond acceptors (Lipinski definition) is 3. The molecule has 0 fully saturated rings. The SMILES string of the molecule is C#CC(C)NCc1cncnc1. The highest BCUT2D eigenvalue weighted by Gasteiger charge is 1.95. The predicted molar refractivity (Wildman–Crippen MR) is 47.2 cm³/mol. The van der Waals surface area contributed by atoms with E-state index in [1.807, 2.05) is 6.92 Å². The van der Waals surface area contributed by atoms with Gasteiger partial charge in [0, 0.05) is 24.5 Å². The third kappa shape index (κ3) is 2.69. The Morgan fingerprint density at radius 3 is 2.83 bits per heavy atom. The van der Waals surface area contributed by atoms with Crippen molar-refractivity contribution in [2.45, 2.75) is 19.5 Å². The number of nitrogens with one attached hydrogen (secondary N) is 1. The molecule has 3 nitrogen and oxygen atoms in total. The lowest BCUT2D eigenvalue weighted by molar-refractivity contribution is 0.645. The monoisotopic (exact) mass is 161 g/mol. The van der Waals surface area contributed by atoms with E-state index in [-0.39, 0.29) is 6.04 Å². The van der Waals surface area contributed by atoms with Crippen LogP contribution in [0.5, 0.6) is 0 Å². The molecule has 0 bridgehead atoms. The summed E-state index contributed by atoms with van der Waals surface area (Å²) in [4.78, 5) is 7.77. The lowest BCUT2D eigenvalue weighted by Gasteiger charge is -2.05. The molecule has 0 aliphatic rings. The van der Waals surface area contributed by atoms with Crippen LogP contribution in [0.1, 0.15) is 12.5 Å². The third-order valence-electron chi connectivity index (χ3n) is 1.48. The molecule has 0 aromatic carbocycles. The molecule has 1 rings (SSSR count). The summed E-state index contributed by atoms with van der Waals surface area (Å²) in [5.74, 6) is 2.58. The van der Waals surface area contributed by atoms with Crippen molar-refractivity contribution < 1.29 is 0 Å². The minimum absolute atomic E-state index is 0.0882. The van der Waals surface area contributed by atoms with Crippen LogP contribution in [-0.2, 0) is 6.54 Å². The molecule has 1 aromatic rings. The van der Waals surface area contributed by atoms with Crippen LogP contribution in [0.3, 0.4) is 0 Å². The van der Waals surface area contributed by atoms with Crippen molar-refractivity contribution in [3.8, 4) is 12.3 Å². The zero-order valence-corrected chi connectivity index (χ0v) is 6.99. The molecule has 0 aliphatic carbocycles. The Hall–Kier alpha value is -1.40. The summed E-state index contributed by atoms with van der Waals surface area (Å²) in [6, 6.07) is 0.0882. The fourth-order valence-electron chi connectivity index (χ4n) is 0.751. The molecular formula is C9H11N3. The highest BCUT2D eigenvalue weighted by Crippen LogP contribution is 1.92. The van der Waals surface area contributed by atoms with E-state index in [0.29, 0.717) is 6.54 Å². The third-order valence-corrected chi connectivity index (χ3v) is 1.48. The first-order valence-electron chi connectivity index (χ1n) is 3.76. The number of rotatable bonds is 3. The van der Waals surface area contributed by atoms with Gasteiger partial charge >= 0.3 is 0 Å². The summed E-state index contributed by atoms with van der Waals surface area (Å²) in [5, 5.41) is 3.13. The van der Waals surface area contributed by atoms with E-state index in [2.05, 4.69) is 21.2 Å². The minimum Gasteiger partial charge on any atom is -0.300 e. The summed E-state index contributed by atoms with van der Waals surface area (Å²) in [7, 11) is 0. The Kier molecular flexibility index (Phi) is 3.24. The maximum Gasteiger partial charge on any atom is 0.115 e. The van der Waals surface area contributed by atoms with E-state index in [1.165, 1.54) is 6.33 Å². The molecule has 0 aliphatic heterocycles. The molecule has 62 valence electrons. The molecule has 0 spiro atoms. The van der Waals surface area contributed by atoms with Crippen molar-refractivity contribution in [1.82, 2.24) is 15.3 Å². The second kappa shape index (κ2) is 4.47. The zero-order chi connectivity index (χ0) is 8.81. The minimum atomic E-state index is 0.0882. The van der Waals surface area contributed by atoms with Gasteiger partial charge in [0.05, 0.1) is 6.04 Å². The van der Waals surface area contributed by atoms with E-state index in [9.17, 15) is 0 Å². The van der Waals surface area contributed by atoms with Gasteiger partial charge in [-0.15, -0.1) is 6.42 Å². The van der Waals surface area contributed by atoms with Crippen LogP contribution >= 0.6 is 0 Å². The number of nitrogens with zero attached hydrogens (tertiary/aromatic N) is 2. The van der Waals surface area contributed by atoms with Gasteiger partial charge in [0.15, 0.2) is 0 Å². The second-order valence-electron chi connectivity index (χ2n) is 2.52. The molecule has 0 radical (unpaired) electrons. The summed E-state index contributed by atoms with van der Waals surface area (Å²) in [6.45, 7) is 2.65. The highest BCUT2D eigenvalue weighted by atomic mass is 14.9. The number of terminal acetylenes is 1. The topological polar surface area (TPSA) is 37.8 Å². The van der Waals surface area contributed by atoms with Gasteiger partial charge in [-0.1, -0.05) is 5.92 Å². The molecule has 0 amide bonds. The summed E-state index contributed by atoms with van der Waals surface area (Å²) < 4.78 is 0. The van der Waals surface area contributed by atoms with E-state index < -0.39 is 0 Å². The van der Waals surface area contributed by atoms with Crippen molar-refractivity contribution in [3.63, 3.8) is 0 Å². The van der Waals surface area contributed by atoms with Gasteiger partial charge in [-0.25, -0.2) is 9.97 Å². The van der Waals surface area contributed by atoms with Crippen LogP contribution in [0.15, 0.2) is 18.7 Å². The van der Waals surface area contributed by atoms with Crippen molar-refractivity contribution in [3.05, 3.63) is 24.3 Å². The zero-order valence-electron chi connectivity index (χ0n) is 6.99. The van der Waals surface area contributed by atoms with Crippen LogP contribution < -0.4 is 5.32 Å². The maximum atomic E-state index is 5.19. The molecular weight excluding hydrogens is 150 g/mol. The van der Waals surface area contributed by atoms with E-state index >= 15 is 0 Å².